The number of aliphatic hydroxyl groups is 3. The Kier molecular flexibility index (Phi) is 14.3. The molecule has 184 valence electrons. The van der Waals surface area contributed by atoms with Crippen LogP contribution in [0.25, 0.3) is 0 Å². The van der Waals surface area contributed by atoms with Gasteiger partial charge in [-0.25, -0.2) is 16.8 Å². The Morgan fingerprint density at radius 2 is 1.23 bits per heavy atom. The van der Waals surface area contributed by atoms with Gasteiger partial charge in [0.15, 0.2) is 0 Å². The Labute approximate surface area is 170 Å². The molecule has 0 saturated carbocycles. The first-order chi connectivity index (χ1) is 13.5. The second-order valence-electron chi connectivity index (χ2n) is 5.80. The highest BCUT2D eigenvalue weighted by Crippen LogP contribution is 2.27. The highest BCUT2D eigenvalue weighted by Gasteiger charge is 2.55. The van der Waals surface area contributed by atoms with Crippen molar-refractivity contribution >= 4 is 20.0 Å². The van der Waals surface area contributed by atoms with Gasteiger partial charge in [0.05, 0.1) is 19.8 Å². The smallest absolute Gasteiger partial charge is 0.395 e. The molecule has 0 aliphatic carbocycles. The minimum Gasteiger partial charge on any atom is -0.395 e. The van der Waals surface area contributed by atoms with Gasteiger partial charge in [-0.3, -0.25) is 4.90 Å². The van der Waals surface area contributed by atoms with Crippen LogP contribution in [-0.2, 0) is 20.0 Å². The summed E-state index contributed by atoms with van der Waals surface area (Å²) in [6, 6.07) is 0.0795. The standard InChI is InChI=1S/C11H25NO3.C2HF6NO4S2/c1-2-3-4-5-11(10-15)12(6-8-13)7-9-14;3-1(4,5)14(10,11)9-15(12,13)2(6,7)8/h11,13-15H,2-10H2,1H3;9H. The van der Waals surface area contributed by atoms with Crippen LogP contribution in [0.4, 0.5) is 26.3 Å². The van der Waals surface area contributed by atoms with Crippen molar-refractivity contribution in [2.45, 2.75) is 49.7 Å². The fourth-order valence-electron chi connectivity index (χ4n) is 1.99. The van der Waals surface area contributed by atoms with Gasteiger partial charge < -0.3 is 15.3 Å². The molecule has 0 aromatic heterocycles. The summed E-state index contributed by atoms with van der Waals surface area (Å²) in [5, 5.41) is 27.0. The monoisotopic (exact) mass is 500 g/mol. The van der Waals surface area contributed by atoms with Crippen LogP contribution >= 0.6 is 0 Å². The second kappa shape index (κ2) is 13.6. The maximum absolute atomic E-state index is 11.5. The molecule has 1 atom stereocenters. The molecule has 0 bridgehead atoms. The van der Waals surface area contributed by atoms with Gasteiger partial charge in [0.2, 0.25) is 0 Å². The number of nitrogens with one attached hydrogen (secondary N) is 1. The van der Waals surface area contributed by atoms with Crippen LogP contribution < -0.4 is 4.13 Å². The molecule has 0 heterocycles. The predicted molar refractivity (Wildman–Crippen MR) is 93.8 cm³/mol. The number of sulfonamides is 2. The first-order valence-electron chi connectivity index (χ1n) is 8.48. The molecule has 30 heavy (non-hydrogen) atoms. The van der Waals surface area contributed by atoms with Crippen molar-refractivity contribution in [3.63, 3.8) is 0 Å². The summed E-state index contributed by atoms with van der Waals surface area (Å²) in [6.07, 6.45) is 4.36. The molecule has 0 radical (unpaired) electrons. The molecular formula is C13H26F6N2O7S2. The first kappa shape index (κ1) is 31.5. The summed E-state index contributed by atoms with van der Waals surface area (Å²) in [6.45, 7) is 3.45. The fraction of sp³-hybridized carbons (Fsp3) is 1.00. The second-order valence-corrected chi connectivity index (χ2v) is 9.40. The van der Waals surface area contributed by atoms with Gasteiger partial charge in [-0.15, -0.1) is 0 Å². The normalized spacial score (nSPS) is 14.4. The van der Waals surface area contributed by atoms with Gasteiger partial charge >= 0.3 is 31.1 Å². The highest BCUT2D eigenvalue weighted by atomic mass is 32.3. The van der Waals surface area contributed by atoms with Crippen molar-refractivity contribution in [2.75, 3.05) is 32.9 Å². The summed E-state index contributed by atoms with van der Waals surface area (Å²) < 4.78 is 108. The lowest BCUT2D eigenvalue weighted by atomic mass is 10.1. The summed E-state index contributed by atoms with van der Waals surface area (Å²) in [5.41, 5.74) is -12.3. The molecule has 0 saturated heterocycles. The molecule has 0 aliphatic rings. The number of unbranched alkanes of at least 4 members (excludes halogenated alkanes) is 2. The van der Waals surface area contributed by atoms with Gasteiger partial charge in [0, 0.05) is 19.1 Å². The first-order valence-corrected chi connectivity index (χ1v) is 11.4. The van der Waals surface area contributed by atoms with Crippen LogP contribution in [0.5, 0.6) is 0 Å². The molecule has 4 N–H and O–H groups in total. The van der Waals surface area contributed by atoms with E-state index in [0.29, 0.717) is 13.1 Å². The zero-order valence-electron chi connectivity index (χ0n) is 15.9. The van der Waals surface area contributed by atoms with E-state index in [4.69, 9.17) is 10.2 Å². The Morgan fingerprint density at radius 3 is 1.50 bits per heavy atom. The van der Waals surface area contributed by atoms with Crippen LogP contribution in [0.15, 0.2) is 0 Å². The zero-order valence-corrected chi connectivity index (χ0v) is 17.6. The number of hydrogen-bond donors (Lipinski definition) is 4. The van der Waals surface area contributed by atoms with Crippen LogP contribution in [0.1, 0.15) is 32.6 Å². The van der Waals surface area contributed by atoms with E-state index >= 15 is 0 Å². The third-order valence-corrected chi connectivity index (χ3v) is 6.45. The lowest BCUT2D eigenvalue weighted by Gasteiger charge is -2.29. The van der Waals surface area contributed by atoms with E-state index in [0.717, 1.165) is 19.3 Å². The van der Waals surface area contributed by atoms with Crippen LogP contribution in [0.2, 0.25) is 0 Å². The number of nitrogens with zero attached hydrogens (tertiary/aromatic N) is 1. The highest BCUT2D eigenvalue weighted by molar-refractivity contribution is 8.05. The van der Waals surface area contributed by atoms with Crippen molar-refractivity contribution in [3.8, 4) is 0 Å². The number of halogens is 6. The van der Waals surface area contributed by atoms with Crippen LogP contribution in [0.3, 0.4) is 0 Å². The Bertz CT molecular complexity index is 620. The topological polar surface area (TPSA) is 144 Å². The Morgan fingerprint density at radius 1 is 0.833 bits per heavy atom. The van der Waals surface area contributed by atoms with Gasteiger partial charge in [-0.05, 0) is 6.42 Å². The molecular weight excluding hydrogens is 474 g/mol. The SMILES string of the molecule is CCCCCC(CO)N(CCO)CCO.O=S(=O)(NS(=O)(=O)C(F)(F)F)C(F)(F)F. The summed E-state index contributed by atoms with van der Waals surface area (Å²) in [5.74, 6) is 0. The van der Waals surface area contributed by atoms with Gasteiger partial charge in [0.1, 0.15) is 0 Å². The molecule has 0 aromatic carbocycles. The minimum absolute atomic E-state index is 0.0737. The third-order valence-electron chi connectivity index (χ3n) is 3.47. The largest absolute Gasteiger partial charge is 0.512 e. The van der Waals surface area contributed by atoms with E-state index in [1.54, 1.807) is 0 Å². The predicted octanol–water partition coefficient (Wildman–Crippen LogP) is 0.489. The van der Waals surface area contributed by atoms with Crippen molar-refractivity contribution in [1.82, 2.24) is 9.03 Å². The lowest BCUT2D eigenvalue weighted by molar-refractivity contribution is -0.0476. The third kappa shape index (κ3) is 11.6. The maximum atomic E-state index is 11.5. The fourth-order valence-corrected chi connectivity index (χ4v) is 3.90. The van der Waals surface area contributed by atoms with E-state index in [-0.39, 0.29) is 25.9 Å². The lowest BCUT2D eigenvalue weighted by Crippen LogP contribution is -2.45. The zero-order chi connectivity index (χ0) is 24.2. The van der Waals surface area contributed by atoms with Crippen LogP contribution in [0, 0.1) is 0 Å². The Balaban J connectivity index is 0. The van der Waals surface area contributed by atoms with Crippen molar-refractivity contribution < 1.29 is 58.5 Å². The molecule has 0 fully saturated rings. The molecule has 1 unspecified atom stereocenters. The summed E-state index contributed by atoms with van der Waals surface area (Å²) in [7, 11) is -13.2. The van der Waals surface area contributed by atoms with E-state index in [1.165, 1.54) is 6.42 Å². The number of aliphatic hydroxyl groups excluding tert-OH is 3. The molecule has 0 rings (SSSR count). The van der Waals surface area contributed by atoms with Gasteiger partial charge in [-0.2, -0.15) is 26.3 Å². The van der Waals surface area contributed by atoms with E-state index in [2.05, 4.69) is 6.92 Å². The summed E-state index contributed by atoms with van der Waals surface area (Å²) in [4.78, 5) is 1.95. The van der Waals surface area contributed by atoms with Crippen molar-refractivity contribution in [2.24, 2.45) is 0 Å². The molecule has 9 nitrogen and oxygen atoms in total. The quantitative estimate of drug-likeness (QED) is 0.224. The maximum Gasteiger partial charge on any atom is 0.512 e. The molecule has 0 aromatic rings. The summed E-state index contributed by atoms with van der Waals surface area (Å²) >= 11 is 0. The number of hydrogen-bond acceptors (Lipinski definition) is 8. The molecule has 0 aliphatic heterocycles. The Hall–Kier alpha value is -0.720. The van der Waals surface area contributed by atoms with E-state index in [9.17, 15) is 48.3 Å². The molecule has 0 spiro atoms. The van der Waals surface area contributed by atoms with Crippen LogP contribution in [-0.4, -0.2) is 87.0 Å². The van der Waals surface area contributed by atoms with E-state index < -0.39 is 35.2 Å². The van der Waals surface area contributed by atoms with Gasteiger partial charge in [0.25, 0.3) is 0 Å². The molecule has 17 heteroatoms. The molecule has 0 amide bonds. The number of alkyl halides is 6. The van der Waals surface area contributed by atoms with Crippen molar-refractivity contribution in [3.05, 3.63) is 0 Å². The van der Waals surface area contributed by atoms with Gasteiger partial charge in [-0.1, -0.05) is 30.3 Å². The van der Waals surface area contributed by atoms with E-state index in [1.807, 2.05) is 4.90 Å². The van der Waals surface area contributed by atoms with Crippen molar-refractivity contribution in [1.29, 1.82) is 0 Å². The number of rotatable bonds is 12. The minimum atomic E-state index is -6.60. The average Bonchev–Trinajstić information content (AvgIpc) is 2.56. The average molecular weight is 500 g/mol.